The Kier molecular flexibility index (Phi) is 37.1. The molecule has 0 saturated heterocycles. The molecule has 0 amide bonds. The second-order valence-electron chi connectivity index (χ2n) is 14.9. The fraction of sp³-hybridized carbons (Fsp3) is 0.739. The van der Waals surface area contributed by atoms with Gasteiger partial charge in [0.1, 0.15) is 10.1 Å². The number of ether oxygens (including phenoxy) is 2. The summed E-state index contributed by atoms with van der Waals surface area (Å²) in [7, 11) is -5.01. The van der Waals surface area contributed by atoms with E-state index in [9.17, 15) is 22.6 Å². The quantitative estimate of drug-likeness (QED) is 0.0217. The fourth-order valence-corrected chi connectivity index (χ4v) is 7.47. The molecule has 0 aromatic heterocycles. The fourth-order valence-electron chi connectivity index (χ4n) is 6.79. The minimum absolute atomic E-state index is 0. The Bertz CT molecular complexity index is 1240. The van der Waals surface area contributed by atoms with Crippen LogP contribution in [0.5, 0.6) is 0 Å². The Balaban J connectivity index is 0.0000292. The van der Waals surface area contributed by atoms with Crippen LogP contribution in [0.15, 0.2) is 47.4 Å². The topological polar surface area (TPSA) is 110 Å². The molecule has 0 aliphatic carbocycles. The van der Waals surface area contributed by atoms with Gasteiger partial charge in [0.15, 0.2) is 0 Å². The van der Waals surface area contributed by atoms with Crippen molar-refractivity contribution in [3.05, 3.63) is 53.6 Å². The molecular weight excluding hydrogens is 720 g/mol. The van der Waals surface area contributed by atoms with E-state index in [4.69, 9.17) is 9.47 Å². The van der Waals surface area contributed by atoms with Gasteiger partial charge in [-0.15, -0.1) is 0 Å². The van der Waals surface area contributed by atoms with E-state index in [2.05, 4.69) is 38.2 Å². The van der Waals surface area contributed by atoms with Crippen LogP contribution in [-0.4, -0.2) is 38.1 Å². The first kappa shape index (κ1) is 53.6. The zero-order valence-corrected chi connectivity index (χ0v) is 38.3. The summed E-state index contributed by atoms with van der Waals surface area (Å²) in [4.78, 5) is 25.2. The Morgan fingerprint density at radius 2 is 0.836 bits per heavy atom. The number of benzene rings is 1. The summed E-state index contributed by atoms with van der Waals surface area (Å²) in [5.74, 6) is -1.81. The number of carbonyl (C=O) groups is 2. The van der Waals surface area contributed by atoms with Crippen LogP contribution in [0.4, 0.5) is 0 Å². The van der Waals surface area contributed by atoms with Gasteiger partial charge in [-0.05, 0) is 63.5 Å². The molecule has 1 aromatic rings. The molecule has 0 radical (unpaired) electrons. The van der Waals surface area contributed by atoms with Crippen LogP contribution in [0.25, 0.3) is 0 Å². The molecule has 0 N–H and O–H groups in total. The second-order valence-corrected chi connectivity index (χ2v) is 16.3. The van der Waals surface area contributed by atoms with E-state index in [1.54, 1.807) is 0 Å². The van der Waals surface area contributed by atoms with E-state index >= 15 is 0 Å². The van der Waals surface area contributed by atoms with E-state index in [0.717, 1.165) is 57.4 Å². The van der Waals surface area contributed by atoms with Crippen molar-refractivity contribution in [3.63, 3.8) is 0 Å². The smallest absolute Gasteiger partial charge is 0.744 e. The van der Waals surface area contributed by atoms with Crippen molar-refractivity contribution in [1.82, 2.24) is 0 Å². The number of rotatable bonds is 37. The molecule has 0 heterocycles. The molecule has 0 bridgehead atoms. The van der Waals surface area contributed by atoms with Gasteiger partial charge in [0.25, 0.3) is 0 Å². The summed E-state index contributed by atoms with van der Waals surface area (Å²) in [5.41, 5.74) is -0.776. The number of allylic oxidation sites excluding steroid dienone is 4. The summed E-state index contributed by atoms with van der Waals surface area (Å²) >= 11 is 0. The van der Waals surface area contributed by atoms with Crippen molar-refractivity contribution in [2.75, 3.05) is 13.2 Å². The predicted molar refractivity (Wildman–Crippen MR) is 223 cm³/mol. The first-order valence-electron chi connectivity index (χ1n) is 22.1. The maximum absolute atomic E-state index is 13.0. The summed E-state index contributed by atoms with van der Waals surface area (Å²) in [5, 5.41) is 0. The van der Waals surface area contributed by atoms with Crippen molar-refractivity contribution in [2.24, 2.45) is 0 Å². The Labute approximate surface area is 359 Å². The van der Waals surface area contributed by atoms with Crippen LogP contribution < -0.4 is 29.6 Å². The summed E-state index contributed by atoms with van der Waals surface area (Å²) in [6, 6.07) is 3.63. The molecule has 1 rings (SSSR count). The average Bonchev–Trinajstić information content (AvgIpc) is 3.16. The molecule has 0 unspecified atom stereocenters. The van der Waals surface area contributed by atoms with Crippen LogP contribution in [0.2, 0.25) is 0 Å². The van der Waals surface area contributed by atoms with E-state index < -0.39 is 32.5 Å². The van der Waals surface area contributed by atoms with Crippen LogP contribution in [0.1, 0.15) is 227 Å². The van der Waals surface area contributed by atoms with E-state index in [-0.39, 0.29) is 48.3 Å². The predicted octanol–water partition coefficient (Wildman–Crippen LogP) is 10.8. The van der Waals surface area contributed by atoms with Gasteiger partial charge in [0.2, 0.25) is 0 Å². The normalized spacial score (nSPS) is 11.7. The number of hydrogen-bond acceptors (Lipinski definition) is 7. The minimum Gasteiger partial charge on any atom is -0.744 e. The molecule has 0 spiro atoms. The maximum atomic E-state index is 13.0. The molecule has 0 aliphatic rings. The monoisotopic (exact) mass is 797 g/mol. The van der Waals surface area contributed by atoms with Gasteiger partial charge in [-0.1, -0.05) is 185 Å². The maximum Gasteiger partial charge on any atom is 1.00 e. The van der Waals surface area contributed by atoms with Gasteiger partial charge >= 0.3 is 41.5 Å². The first-order valence-corrected chi connectivity index (χ1v) is 23.5. The first-order chi connectivity index (χ1) is 26.3. The minimum atomic E-state index is -5.01. The van der Waals surface area contributed by atoms with Gasteiger partial charge in [0, 0.05) is 0 Å². The number of unbranched alkanes of at least 4 members (excludes halogenated alkanes) is 26. The van der Waals surface area contributed by atoms with Crippen molar-refractivity contribution < 1.29 is 61.6 Å². The zero-order valence-electron chi connectivity index (χ0n) is 35.4. The van der Waals surface area contributed by atoms with Crippen molar-refractivity contribution in [1.29, 1.82) is 0 Å². The molecule has 0 fully saturated rings. The van der Waals surface area contributed by atoms with Gasteiger partial charge in [-0.25, -0.2) is 18.0 Å². The van der Waals surface area contributed by atoms with Crippen LogP contribution in [-0.2, 0) is 19.6 Å². The molecule has 0 saturated carbocycles. The number of hydrogen-bond donors (Lipinski definition) is 0. The van der Waals surface area contributed by atoms with E-state index in [1.807, 2.05) is 0 Å². The third-order valence-electron chi connectivity index (χ3n) is 10.0. The Morgan fingerprint density at radius 3 is 1.18 bits per heavy atom. The van der Waals surface area contributed by atoms with Crippen molar-refractivity contribution in [2.45, 2.75) is 211 Å². The SMILES string of the molecule is CC/C=C/CCCCCCCCCCCCCCCOC(=O)c1cccc(S(=O)(=O)[O-])c1C(=O)OCCCCCCCCCCCCCCC/C=C/CC.[Na+]. The second kappa shape index (κ2) is 38.1. The van der Waals surface area contributed by atoms with E-state index in [1.165, 1.54) is 141 Å². The average molecular weight is 797 g/mol. The Hall–Kier alpha value is -1.45. The molecule has 310 valence electrons. The summed E-state index contributed by atoms with van der Waals surface area (Å²) < 4.78 is 46.7. The van der Waals surface area contributed by atoms with Crippen LogP contribution in [0, 0.1) is 0 Å². The molecule has 0 atom stereocenters. The molecule has 1 aromatic carbocycles. The Morgan fingerprint density at radius 1 is 0.509 bits per heavy atom. The number of carbonyl (C=O) groups excluding carboxylic acids is 2. The van der Waals surface area contributed by atoms with Gasteiger partial charge in [0.05, 0.1) is 29.2 Å². The summed E-state index contributed by atoms with van der Waals surface area (Å²) in [6.45, 7) is 4.60. The van der Waals surface area contributed by atoms with Gasteiger partial charge in [-0.2, -0.15) is 0 Å². The van der Waals surface area contributed by atoms with Crippen LogP contribution >= 0.6 is 0 Å². The van der Waals surface area contributed by atoms with Gasteiger partial charge in [-0.3, -0.25) is 0 Å². The molecule has 7 nitrogen and oxygen atoms in total. The standard InChI is InChI=1S/C46H78O7S.Na/c1-3-5-7-9-11-13-15-17-19-21-23-25-27-29-31-33-35-40-52-45(47)42-38-37-39-43(54(49,50)51)44(42)46(48)53-41-36-34-32-30-28-26-24-22-20-18-16-14-12-10-8-6-4-2;/h5-8,37-39H,3-4,9-36,40-41H2,1-2H3,(H,49,50,51);/q;+1/p-1/b7-5+,8-6+;. The van der Waals surface area contributed by atoms with Gasteiger partial charge < -0.3 is 14.0 Å². The molecular formula is C46H77NaO7S. The van der Waals surface area contributed by atoms with Crippen molar-refractivity contribution in [3.8, 4) is 0 Å². The van der Waals surface area contributed by atoms with Crippen LogP contribution in [0.3, 0.4) is 0 Å². The molecule has 0 aliphatic heterocycles. The third-order valence-corrected chi connectivity index (χ3v) is 10.9. The van der Waals surface area contributed by atoms with E-state index in [0.29, 0.717) is 12.8 Å². The molecule has 9 heteroatoms. The van der Waals surface area contributed by atoms with Crippen molar-refractivity contribution >= 4 is 22.1 Å². The number of esters is 2. The third kappa shape index (κ3) is 30.3. The molecule has 55 heavy (non-hydrogen) atoms. The zero-order chi connectivity index (χ0) is 39.4. The largest absolute Gasteiger partial charge is 1.00 e. The summed E-state index contributed by atoms with van der Waals surface area (Å²) in [6.07, 6.45) is 44.7.